The molecule has 0 saturated heterocycles. The summed E-state index contributed by atoms with van der Waals surface area (Å²) >= 11 is 0. The van der Waals surface area contributed by atoms with E-state index in [0.717, 1.165) is 22.9 Å². The van der Waals surface area contributed by atoms with Crippen molar-refractivity contribution in [3.05, 3.63) is 65.2 Å². The van der Waals surface area contributed by atoms with Gasteiger partial charge in [-0.2, -0.15) is 8.42 Å². The largest absolute Gasteiger partial charge is 0.489 e. The van der Waals surface area contributed by atoms with Crippen molar-refractivity contribution in [1.29, 1.82) is 0 Å². The quantitative estimate of drug-likeness (QED) is 0.472. The molecule has 29 heavy (non-hydrogen) atoms. The predicted octanol–water partition coefficient (Wildman–Crippen LogP) is 3.37. The minimum Gasteiger partial charge on any atom is -0.489 e. The first-order valence-corrected chi connectivity index (χ1v) is 10.9. The van der Waals surface area contributed by atoms with E-state index in [4.69, 9.17) is 14.0 Å². The van der Waals surface area contributed by atoms with Crippen LogP contribution in [0.4, 0.5) is 0 Å². The van der Waals surface area contributed by atoms with Crippen molar-refractivity contribution in [3.63, 3.8) is 0 Å². The van der Waals surface area contributed by atoms with E-state index in [9.17, 15) is 13.2 Å². The number of carboxylic acids is 1. The van der Waals surface area contributed by atoms with Gasteiger partial charge in [0.25, 0.3) is 10.1 Å². The van der Waals surface area contributed by atoms with Crippen LogP contribution in [-0.2, 0) is 32.1 Å². The lowest BCUT2D eigenvalue weighted by atomic mass is 9.96. The summed E-state index contributed by atoms with van der Waals surface area (Å²) in [4.78, 5) is 11.0. The number of carboxylic acid groups (broad SMARTS) is 1. The summed E-state index contributed by atoms with van der Waals surface area (Å²) in [6.45, 7) is 2.19. The first-order chi connectivity index (χ1) is 13.8. The van der Waals surface area contributed by atoms with Crippen LogP contribution < -0.4 is 4.74 Å². The average Bonchev–Trinajstić information content (AvgIpc) is 2.66. The summed E-state index contributed by atoms with van der Waals surface area (Å²) in [6.07, 6.45) is 1.50. The molecule has 0 amide bonds. The molecular formula is C22H24O6S. The molecule has 7 heteroatoms. The number of carbonyl (C=O) groups is 1. The molecule has 0 bridgehead atoms. The fourth-order valence-corrected chi connectivity index (χ4v) is 3.06. The van der Waals surface area contributed by atoms with Crippen molar-refractivity contribution >= 4 is 16.1 Å². The lowest BCUT2D eigenvalue weighted by Gasteiger charge is -2.11. The maximum Gasteiger partial charge on any atom is 0.304 e. The average molecular weight is 416 g/mol. The zero-order valence-corrected chi connectivity index (χ0v) is 17.2. The van der Waals surface area contributed by atoms with E-state index in [-0.39, 0.29) is 18.9 Å². The van der Waals surface area contributed by atoms with E-state index in [1.165, 1.54) is 0 Å². The van der Waals surface area contributed by atoms with Crippen LogP contribution in [0.15, 0.2) is 48.5 Å². The van der Waals surface area contributed by atoms with Gasteiger partial charge in [0.2, 0.25) is 0 Å². The Bertz CT molecular complexity index is 967. The molecule has 0 unspecified atom stereocenters. The van der Waals surface area contributed by atoms with Crippen molar-refractivity contribution < 1.29 is 27.2 Å². The van der Waals surface area contributed by atoms with Crippen LogP contribution in [-0.4, -0.2) is 32.4 Å². The van der Waals surface area contributed by atoms with Crippen LogP contribution in [0.25, 0.3) is 0 Å². The van der Waals surface area contributed by atoms with Crippen molar-refractivity contribution in [2.45, 2.75) is 32.3 Å². The molecule has 0 aliphatic heterocycles. The fraction of sp³-hybridized carbons (Fsp3) is 0.318. The van der Waals surface area contributed by atoms with Gasteiger partial charge in [0.1, 0.15) is 12.4 Å². The van der Waals surface area contributed by atoms with Crippen molar-refractivity contribution in [2.24, 2.45) is 0 Å². The van der Waals surface area contributed by atoms with E-state index in [0.29, 0.717) is 18.8 Å². The van der Waals surface area contributed by atoms with Crippen LogP contribution in [0.5, 0.6) is 5.75 Å². The molecule has 2 aromatic rings. The zero-order chi connectivity index (χ0) is 21.3. The molecule has 6 nitrogen and oxygen atoms in total. The van der Waals surface area contributed by atoms with Gasteiger partial charge in [-0.15, -0.1) is 5.92 Å². The molecular weight excluding hydrogens is 392 g/mol. The highest BCUT2D eigenvalue weighted by Gasteiger charge is 2.13. The normalized spacial score (nSPS) is 11.9. The molecule has 0 radical (unpaired) electrons. The second-order valence-electron chi connectivity index (χ2n) is 6.50. The number of ether oxygens (including phenoxy) is 1. The topological polar surface area (TPSA) is 89.9 Å². The van der Waals surface area contributed by atoms with E-state index < -0.39 is 16.1 Å². The molecule has 154 valence electrons. The van der Waals surface area contributed by atoms with Crippen LogP contribution in [0.2, 0.25) is 0 Å². The molecule has 0 aromatic heterocycles. The van der Waals surface area contributed by atoms with E-state index in [1.807, 2.05) is 36.4 Å². The van der Waals surface area contributed by atoms with Gasteiger partial charge >= 0.3 is 5.97 Å². The van der Waals surface area contributed by atoms with Crippen LogP contribution >= 0.6 is 0 Å². The molecule has 0 fully saturated rings. The molecule has 2 aromatic carbocycles. The molecule has 0 heterocycles. The smallest absolute Gasteiger partial charge is 0.304 e. The Morgan fingerprint density at radius 2 is 1.69 bits per heavy atom. The van der Waals surface area contributed by atoms with Gasteiger partial charge < -0.3 is 9.84 Å². The Morgan fingerprint density at radius 3 is 2.24 bits per heavy atom. The first-order valence-electron chi connectivity index (χ1n) is 9.06. The number of rotatable bonds is 10. The second kappa shape index (κ2) is 10.6. The number of hydrogen-bond acceptors (Lipinski definition) is 5. The Balaban J connectivity index is 1.89. The molecule has 0 saturated carbocycles. The minimum absolute atomic E-state index is 0.0391. The molecule has 0 aliphatic rings. The highest BCUT2D eigenvalue weighted by molar-refractivity contribution is 7.85. The van der Waals surface area contributed by atoms with Crippen molar-refractivity contribution in [2.75, 3.05) is 12.9 Å². The summed E-state index contributed by atoms with van der Waals surface area (Å²) in [6, 6.07) is 14.9. The Morgan fingerprint density at radius 1 is 1.07 bits per heavy atom. The first kappa shape index (κ1) is 22.5. The number of aliphatic carboxylic acids is 1. The molecule has 1 atom stereocenters. The number of hydrogen-bond donors (Lipinski definition) is 1. The third kappa shape index (κ3) is 8.38. The van der Waals surface area contributed by atoms with E-state index in [2.05, 4.69) is 11.8 Å². The van der Waals surface area contributed by atoms with Gasteiger partial charge in [0, 0.05) is 0 Å². The van der Waals surface area contributed by atoms with Gasteiger partial charge in [-0.1, -0.05) is 42.3 Å². The standard InChI is InChI=1S/C22H24O6S/c1-3-4-20(15-22(23)24)19-9-11-21(12-10-19)27-16-18-7-5-17(6-8-18)13-14-28-29(2,25)26/h5-12,20H,13-16H2,1-2H3,(H,23,24)/t20-/m0/s1. The predicted molar refractivity (Wildman–Crippen MR) is 110 cm³/mol. The fourth-order valence-electron chi connectivity index (χ4n) is 2.68. The van der Waals surface area contributed by atoms with Gasteiger partial charge in [-0.05, 0) is 42.2 Å². The SMILES string of the molecule is CC#C[C@@H](CC(=O)O)c1ccc(OCc2ccc(CCOS(C)(=O)=O)cc2)cc1. The van der Waals surface area contributed by atoms with Crippen LogP contribution in [0.1, 0.15) is 36.0 Å². The lowest BCUT2D eigenvalue weighted by molar-refractivity contribution is -0.137. The summed E-state index contributed by atoms with van der Waals surface area (Å²) in [5.41, 5.74) is 2.79. The van der Waals surface area contributed by atoms with E-state index in [1.54, 1.807) is 19.1 Å². The molecule has 0 aliphatic carbocycles. The van der Waals surface area contributed by atoms with Crippen LogP contribution in [0, 0.1) is 11.8 Å². The zero-order valence-electron chi connectivity index (χ0n) is 16.4. The summed E-state index contributed by atoms with van der Waals surface area (Å²) in [5.74, 6) is 5.15. The van der Waals surface area contributed by atoms with Gasteiger partial charge in [0.05, 0.1) is 25.2 Å². The third-order valence-corrected chi connectivity index (χ3v) is 4.69. The molecule has 1 N–H and O–H groups in total. The van der Waals surface area contributed by atoms with Gasteiger partial charge in [-0.3, -0.25) is 8.98 Å². The summed E-state index contributed by atoms with van der Waals surface area (Å²) in [5, 5.41) is 9.01. The maximum atomic E-state index is 11.0. The van der Waals surface area contributed by atoms with Crippen molar-refractivity contribution in [3.8, 4) is 17.6 Å². The Hall–Kier alpha value is -2.82. The monoisotopic (exact) mass is 416 g/mol. The highest BCUT2D eigenvalue weighted by Crippen LogP contribution is 2.22. The lowest BCUT2D eigenvalue weighted by Crippen LogP contribution is -2.06. The van der Waals surface area contributed by atoms with E-state index >= 15 is 0 Å². The molecule has 0 spiro atoms. The maximum absolute atomic E-state index is 11.0. The highest BCUT2D eigenvalue weighted by atomic mass is 32.2. The summed E-state index contributed by atoms with van der Waals surface area (Å²) in [7, 11) is -3.42. The third-order valence-electron chi connectivity index (χ3n) is 4.10. The summed E-state index contributed by atoms with van der Waals surface area (Å²) < 4.78 is 32.4. The number of benzene rings is 2. The van der Waals surface area contributed by atoms with Gasteiger partial charge in [0.15, 0.2) is 0 Å². The van der Waals surface area contributed by atoms with Crippen molar-refractivity contribution in [1.82, 2.24) is 0 Å². The second-order valence-corrected chi connectivity index (χ2v) is 8.14. The van der Waals surface area contributed by atoms with Gasteiger partial charge in [-0.25, -0.2) is 0 Å². The Labute approximate surface area is 171 Å². The molecule has 2 rings (SSSR count). The van der Waals surface area contributed by atoms with Crippen LogP contribution in [0.3, 0.4) is 0 Å². The minimum atomic E-state index is -3.42. The Kier molecular flexibility index (Phi) is 8.25.